The fourth-order valence-electron chi connectivity index (χ4n) is 3.71. The molecule has 1 aliphatic rings. The number of hydrogen-bond acceptors (Lipinski definition) is 7. The summed E-state index contributed by atoms with van der Waals surface area (Å²) in [5.41, 5.74) is 1.01. The van der Waals surface area contributed by atoms with Crippen LogP contribution in [0.15, 0.2) is 47.8 Å². The summed E-state index contributed by atoms with van der Waals surface area (Å²) >= 11 is 0. The van der Waals surface area contributed by atoms with Crippen LogP contribution >= 0.6 is 0 Å². The normalized spacial score (nSPS) is 21.5. The zero-order valence-electron chi connectivity index (χ0n) is 19.2. The van der Waals surface area contributed by atoms with Gasteiger partial charge in [0, 0.05) is 37.9 Å². The summed E-state index contributed by atoms with van der Waals surface area (Å²) in [6.45, 7) is 5.45. The fourth-order valence-corrected chi connectivity index (χ4v) is 5.54. The molecular formula is C23H30N4O5S. The molecule has 2 aromatic rings. The van der Waals surface area contributed by atoms with Gasteiger partial charge in [-0.25, -0.2) is 13.4 Å². The van der Waals surface area contributed by atoms with Crippen LogP contribution in [0.3, 0.4) is 0 Å². The Balaban J connectivity index is 2.01. The molecule has 1 N–H and O–H groups in total. The second-order valence-electron chi connectivity index (χ2n) is 8.22. The number of aromatic nitrogens is 2. The number of likely N-dealkylation sites (N-methyl/N-ethyl adjacent to an activating group) is 1. The minimum absolute atomic E-state index is 0.0378. The molecule has 1 aliphatic heterocycles. The van der Waals surface area contributed by atoms with Crippen LogP contribution in [-0.2, 0) is 10.0 Å². The van der Waals surface area contributed by atoms with E-state index in [1.807, 2.05) is 26.0 Å². The van der Waals surface area contributed by atoms with E-state index in [0.717, 1.165) is 5.56 Å². The molecular weight excluding hydrogens is 444 g/mol. The first kappa shape index (κ1) is 24.8. The van der Waals surface area contributed by atoms with Gasteiger partial charge in [0.25, 0.3) is 5.91 Å². The molecule has 0 saturated heterocycles. The highest BCUT2D eigenvalue weighted by Gasteiger charge is 2.38. The highest BCUT2D eigenvalue weighted by molar-refractivity contribution is 7.89. The summed E-state index contributed by atoms with van der Waals surface area (Å²) in [6.07, 6.45) is 7.55. The number of fused-ring (bicyclic) bond motifs is 1. The number of aliphatic hydroxyl groups excluding tert-OH is 1. The Morgan fingerprint density at radius 2 is 2.15 bits per heavy atom. The maximum Gasteiger partial charge on any atom is 0.273 e. The molecule has 2 heterocycles. The number of amides is 1. The van der Waals surface area contributed by atoms with Crippen molar-refractivity contribution in [3.8, 4) is 5.75 Å². The molecule has 9 nitrogen and oxygen atoms in total. The third-order valence-electron chi connectivity index (χ3n) is 5.63. The van der Waals surface area contributed by atoms with Crippen molar-refractivity contribution in [2.45, 2.75) is 37.8 Å². The number of ether oxygens (including phenoxy) is 1. The number of benzene rings is 1. The average Bonchev–Trinajstić information content (AvgIpc) is 2.81. The Morgan fingerprint density at radius 3 is 2.79 bits per heavy atom. The molecule has 178 valence electrons. The predicted molar refractivity (Wildman–Crippen MR) is 124 cm³/mol. The van der Waals surface area contributed by atoms with Gasteiger partial charge < -0.3 is 14.7 Å². The monoisotopic (exact) mass is 474 g/mol. The SMILES string of the molecule is CC=Cc1ccc2c(c1)O[C@H](CN(C)C(=O)c1cnccn1)[C@H](C)CN([C@@H](C)CO)S2(=O)=O. The lowest BCUT2D eigenvalue weighted by Gasteiger charge is -2.37. The van der Waals surface area contributed by atoms with Crippen LogP contribution in [0.25, 0.3) is 6.08 Å². The van der Waals surface area contributed by atoms with E-state index in [-0.39, 0.29) is 47.9 Å². The van der Waals surface area contributed by atoms with E-state index in [1.54, 1.807) is 26.1 Å². The number of hydrogen-bond donors (Lipinski definition) is 1. The Bertz CT molecular complexity index is 1110. The molecule has 10 heteroatoms. The second-order valence-corrected chi connectivity index (χ2v) is 10.1. The molecule has 0 radical (unpaired) electrons. The minimum atomic E-state index is -3.90. The van der Waals surface area contributed by atoms with E-state index in [4.69, 9.17) is 4.74 Å². The topological polar surface area (TPSA) is 113 Å². The van der Waals surface area contributed by atoms with Gasteiger partial charge in [0.15, 0.2) is 0 Å². The molecule has 1 amide bonds. The summed E-state index contributed by atoms with van der Waals surface area (Å²) in [6, 6.07) is 4.31. The third kappa shape index (κ3) is 5.40. The van der Waals surface area contributed by atoms with Gasteiger partial charge in [-0.2, -0.15) is 4.31 Å². The number of carbonyl (C=O) groups is 1. The van der Waals surface area contributed by atoms with E-state index < -0.39 is 22.2 Å². The standard InChI is InChI=1S/C23H30N4O5S/c1-5-6-18-7-8-22-20(11-18)32-21(14-26(4)23(29)19-12-24-9-10-25-19)16(2)13-27(17(3)15-28)33(22,30)31/h5-12,16-17,21,28H,13-15H2,1-4H3/t16-,17+,21-/m1/s1. The Kier molecular flexibility index (Phi) is 7.83. The Morgan fingerprint density at radius 1 is 1.39 bits per heavy atom. The molecule has 0 aliphatic carbocycles. The van der Waals surface area contributed by atoms with Crippen molar-refractivity contribution in [2.24, 2.45) is 5.92 Å². The van der Waals surface area contributed by atoms with Gasteiger partial charge >= 0.3 is 0 Å². The number of rotatable bonds is 6. The molecule has 0 unspecified atom stereocenters. The molecule has 1 aromatic heterocycles. The smallest absolute Gasteiger partial charge is 0.273 e. The molecule has 1 aromatic carbocycles. The largest absolute Gasteiger partial charge is 0.487 e. The Labute approximate surface area is 194 Å². The lowest BCUT2D eigenvalue weighted by Crippen LogP contribution is -2.50. The van der Waals surface area contributed by atoms with Crippen LogP contribution in [-0.4, -0.2) is 77.5 Å². The summed E-state index contributed by atoms with van der Waals surface area (Å²) in [5, 5.41) is 9.73. The maximum absolute atomic E-state index is 13.5. The highest BCUT2D eigenvalue weighted by Crippen LogP contribution is 2.34. The zero-order valence-corrected chi connectivity index (χ0v) is 20.1. The summed E-state index contributed by atoms with van der Waals surface area (Å²) < 4.78 is 34.5. The quantitative estimate of drug-likeness (QED) is 0.682. The van der Waals surface area contributed by atoms with Crippen molar-refractivity contribution >= 4 is 22.0 Å². The Hall–Kier alpha value is -2.82. The molecule has 0 fully saturated rings. The first-order chi connectivity index (χ1) is 15.7. The van der Waals surface area contributed by atoms with Gasteiger partial charge in [-0.05, 0) is 31.5 Å². The number of nitrogens with zero attached hydrogens (tertiary/aromatic N) is 4. The average molecular weight is 475 g/mol. The number of sulfonamides is 1. The predicted octanol–water partition coefficient (Wildman–Crippen LogP) is 2.05. The van der Waals surface area contributed by atoms with Crippen LogP contribution in [0.1, 0.15) is 36.8 Å². The first-order valence-corrected chi connectivity index (χ1v) is 12.2. The molecule has 3 rings (SSSR count). The molecule has 33 heavy (non-hydrogen) atoms. The van der Waals surface area contributed by atoms with E-state index in [2.05, 4.69) is 9.97 Å². The van der Waals surface area contributed by atoms with Crippen molar-refractivity contribution in [2.75, 3.05) is 26.7 Å². The van der Waals surface area contributed by atoms with Crippen molar-refractivity contribution in [3.63, 3.8) is 0 Å². The maximum atomic E-state index is 13.5. The van der Waals surface area contributed by atoms with Crippen LogP contribution in [0.5, 0.6) is 5.75 Å². The van der Waals surface area contributed by atoms with Gasteiger partial charge in [-0.15, -0.1) is 0 Å². The second kappa shape index (κ2) is 10.4. The summed E-state index contributed by atoms with van der Waals surface area (Å²) in [7, 11) is -2.26. The number of carbonyl (C=O) groups excluding carboxylic acids is 1. The molecule has 0 spiro atoms. The summed E-state index contributed by atoms with van der Waals surface area (Å²) in [4.78, 5) is 22.3. The van der Waals surface area contributed by atoms with Gasteiger partial charge in [0.05, 0.1) is 19.3 Å². The van der Waals surface area contributed by atoms with Crippen LogP contribution in [0, 0.1) is 5.92 Å². The van der Waals surface area contributed by atoms with Crippen molar-refractivity contribution in [1.29, 1.82) is 0 Å². The van der Waals surface area contributed by atoms with Gasteiger partial charge in [0.1, 0.15) is 22.4 Å². The molecule has 3 atom stereocenters. The lowest BCUT2D eigenvalue weighted by molar-refractivity contribution is 0.0559. The van der Waals surface area contributed by atoms with E-state index in [1.165, 1.54) is 33.9 Å². The van der Waals surface area contributed by atoms with Gasteiger partial charge in [-0.1, -0.05) is 25.1 Å². The van der Waals surface area contributed by atoms with Gasteiger partial charge in [-0.3, -0.25) is 9.78 Å². The van der Waals surface area contributed by atoms with Crippen molar-refractivity contribution in [3.05, 3.63) is 54.1 Å². The van der Waals surface area contributed by atoms with E-state index >= 15 is 0 Å². The van der Waals surface area contributed by atoms with Crippen LogP contribution in [0.4, 0.5) is 0 Å². The zero-order chi connectivity index (χ0) is 24.2. The van der Waals surface area contributed by atoms with Crippen LogP contribution < -0.4 is 4.74 Å². The minimum Gasteiger partial charge on any atom is -0.487 e. The first-order valence-electron chi connectivity index (χ1n) is 10.8. The fraction of sp³-hybridized carbons (Fsp3) is 0.435. The van der Waals surface area contributed by atoms with Crippen LogP contribution in [0.2, 0.25) is 0 Å². The highest BCUT2D eigenvalue weighted by atomic mass is 32.2. The third-order valence-corrected chi connectivity index (χ3v) is 7.65. The number of aliphatic hydroxyl groups is 1. The van der Waals surface area contributed by atoms with Crippen molar-refractivity contribution in [1.82, 2.24) is 19.2 Å². The summed E-state index contributed by atoms with van der Waals surface area (Å²) in [5.74, 6) is -0.362. The van der Waals surface area contributed by atoms with E-state index in [9.17, 15) is 18.3 Å². The molecule has 0 saturated carbocycles. The number of allylic oxidation sites excluding steroid dienone is 1. The lowest BCUT2D eigenvalue weighted by atomic mass is 10.0. The van der Waals surface area contributed by atoms with Gasteiger partial charge in [0.2, 0.25) is 10.0 Å². The van der Waals surface area contributed by atoms with E-state index in [0.29, 0.717) is 0 Å². The molecule has 0 bridgehead atoms. The van der Waals surface area contributed by atoms with Crippen molar-refractivity contribution < 1.29 is 23.1 Å².